The first-order valence-electron chi connectivity index (χ1n) is 8.98. The minimum Gasteiger partial charge on any atom is -0.387 e. The maximum atomic E-state index is 10.8. The predicted molar refractivity (Wildman–Crippen MR) is 102 cm³/mol. The molecule has 0 radical (unpaired) electrons. The van der Waals surface area contributed by atoms with Gasteiger partial charge in [0, 0.05) is 46.1 Å². The molecule has 3 fully saturated rings. The molecule has 4 aromatic rings. The van der Waals surface area contributed by atoms with Crippen LogP contribution in [-0.2, 0) is 7.05 Å². The van der Waals surface area contributed by atoms with E-state index >= 15 is 0 Å². The van der Waals surface area contributed by atoms with E-state index in [0.717, 1.165) is 43.3 Å². The Morgan fingerprint density at radius 1 is 1.23 bits per heavy atom. The Balaban J connectivity index is 1.39. The number of thiophene rings is 1. The monoisotopic (exact) mass is 362 g/mol. The fourth-order valence-corrected chi connectivity index (χ4v) is 5.75. The van der Waals surface area contributed by atoms with Crippen LogP contribution in [-0.4, -0.2) is 24.9 Å². The summed E-state index contributed by atoms with van der Waals surface area (Å²) in [7, 11) is 1.90. The Kier molecular flexibility index (Phi) is 2.79. The highest BCUT2D eigenvalue weighted by Crippen LogP contribution is 2.70. The molecule has 3 saturated carbocycles. The first-order valence-corrected chi connectivity index (χ1v) is 9.80. The van der Waals surface area contributed by atoms with Gasteiger partial charge in [0.2, 0.25) is 0 Å². The number of fused-ring (bicyclic) bond motifs is 2. The van der Waals surface area contributed by atoms with Crippen molar-refractivity contribution in [1.82, 2.24) is 19.7 Å². The zero-order valence-corrected chi connectivity index (χ0v) is 15.2. The highest BCUT2D eigenvalue weighted by Gasteiger charge is 2.60. The zero-order chi connectivity index (χ0) is 17.5. The number of aliphatic hydroxyl groups is 1. The van der Waals surface area contributed by atoms with Gasteiger partial charge in [0.05, 0.1) is 11.8 Å². The van der Waals surface area contributed by atoms with Gasteiger partial charge in [0.15, 0.2) is 5.65 Å². The van der Waals surface area contributed by atoms with Gasteiger partial charge in [-0.2, -0.15) is 5.10 Å². The SMILES string of the molecule is Cn1cc2cc(-c3ccc4cc(C(O)C56CC(C5)C6)sc4n3)cnc2n1. The third-order valence-electron chi connectivity index (χ3n) is 6.11. The molecule has 7 rings (SSSR count). The molecular weight excluding hydrogens is 344 g/mol. The van der Waals surface area contributed by atoms with Crippen molar-refractivity contribution in [3.8, 4) is 11.3 Å². The van der Waals surface area contributed by atoms with Gasteiger partial charge in [0.25, 0.3) is 0 Å². The molecule has 130 valence electrons. The van der Waals surface area contributed by atoms with Crippen molar-refractivity contribution in [1.29, 1.82) is 0 Å². The van der Waals surface area contributed by atoms with Crippen LogP contribution in [0, 0.1) is 11.3 Å². The summed E-state index contributed by atoms with van der Waals surface area (Å²) in [5, 5.41) is 17.2. The minimum atomic E-state index is -0.330. The van der Waals surface area contributed by atoms with Gasteiger partial charge in [-0.05, 0) is 49.4 Å². The van der Waals surface area contributed by atoms with E-state index in [9.17, 15) is 5.11 Å². The van der Waals surface area contributed by atoms with Crippen LogP contribution in [0.3, 0.4) is 0 Å². The Hall–Kier alpha value is -2.31. The van der Waals surface area contributed by atoms with Gasteiger partial charge in [-0.3, -0.25) is 4.68 Å². The minimum absolute atomic E-state index is 0.170. The molecule has 1 unspecified atom stereocenters. The Bertz CT molecular complexity index is 1160. The molecule has 1 atom stereocenters. The number of aliphatic hydroxyl groups excluding tert-OH is 1. The Labute approximate surface area is 154 Å². The van der Waals surface area contributed by atoms with Crippen molar-refractivity contribution in [2.24, 2.45) is 18.4 Å². The maximum absolute atomic E-state index is 10.8. The molecule has 26 heavy (non-hydrogen) atoms. The van der Waals surface area contributed by atoms with E-state index in [0.29, 0.717) is 0 Å². The first-order chi connectivity index (χ1) is 12.6. The molecule has 0 aromatic carbocycles. The van der Waals surface area contributed by atoms with E-state index in [1.54, 1.807) is 16.0 Å². The largest absolute Gasteiger partial charge is 0.387 e. The van der Waals surface area contributed by atoms with Crippen molar-refractivity contribution < 1.29 is 5.11 Å². The summed E-state index contributed by atoms with van der Waals surface area (Å²) in [6, 6.07) is 8.32. The van der Waals surface area contributed by atoms with Crippen LogP contribution < -0.4 is 0 Å². The molecule has 0 aliphatic heterocycles. The lowest BCUT2D eigenvalue weighted by Gasteiger charge is -2.63. The summed E-state index contributed by atoms with van der Waals surface area (Å²) in [6.07, 6.45) is 7.04. The zero-order valence-electron chi connectivity index (χ0n) is 14.4. The molecule has 3 aliphatic carbocycles. The number of aryl methyl sites for hydroxylation is 1. The summed E-state index contributed by atoms with van der Waals surface area (Å²) in [6.45, 7) is 0. The molecule has 0 saturated heterocycles. The van der Waals surface area contributed by atoms with E-state index in [4.69, 9.17) is 4.98 Å². The molecule has 2 bridgehead atoms. The molecular formula is C20H18N4OS. The third-order valence-corrected chi connectivity index (χ3v) is 7.20. The number of nitrogens with zero attached hydrogens (tertiary/aromatic N) is 4. The van der Waals surface area contributed by atoms with Crippen LogP contribution in [0.5, 0.6) is 0 Å². The van der Waals surface area contributed by atoms with Crippen LogP contribution in [0.2, 0.25) is 0 Å². The quantitative estimate of drug-likeness (QED) is 0.596. The van der Waals surface area contributed by atoms with Gasteiger partial charge in [-0.15, -0.1) is 11.3 Å². The van der Waals surface area contributed by atoms with Crippen molar-refractivity contribution in [2.45, 2.75) is 25.4 Å². The standard InChI is InChI=1S/C20H18N4OS/c1-24-10-14-4-13(9-21-18(14)23-24)15-3-2-12-5-16(26-19(12)22-15)17(25)20-6-11(7-20)8-20/h2-5,9-11,17,25H,6-8H2,1H3. The maximum Gasteiger partial charge on any atom is 0.181 e. The van der Waals surface area contributed by atoms with E-state index in [2.05, 4.69) is 28.3 Å². The van der Waals surface area contributed by atoms with Gasteiger partial charge < -0.3 is 5.11 Å². The summed E-state index contributed by atoms with van der Waals surface area (Å²) in [4.78, 5) is 11.3. The fraction of sp³-hybridized carbons (Fsp3) is 0.350. The van der Waals surface area contributed by atoms with Crippen molar-refractivity contribution in [3.63, 3.8) is 0 Å². The van der Waals surface area contributed by atoms with Crippen LogP contribution in [0.1, 0.15) is 30.2 Å². The van der Waals surface area contributed by atoms with Gasteiger partial charge in [-0.1, -0.05) is 0 Å². The molecule has 6 heteroatoms. The van der Waals surface area contributed by atoms with E-state index in [1.165, 1.54) is 19.3 Å². The second-order valence-corrected chi connectivity index (χ2v) is 8.98. The molecule has 1 N–H and O–H groups in total. The molecule has 5 nitrogen and oxygen atoms in total. The number of hydrogen-bond donors (Lipinski definition) is 1. The van der Waals surface area contributed by atoms with E-state index in [1.807, 2.05) is 25.5 Å². The summed E-state index contributed by atoms with van der Waals surface area (Å²) in [5.41, 5.74) is 2.81. The Morgan fingerprint density at radius 3 is 2.85 bits per heavy atom. The highest BCUT2D eigenvalue weighted by atomic mass is 32.1. The smallest absolute Gasteiger partial charge is 0.181 e. The fourth-order valence-electron chi connectivity index (χ4n) is 4.59. The van der Waals surface area contributed by atoms with Gasteiger partial charge >= 0.3 is 0 Å². The number of aromatic nitrogens is 4. The number of rotatable bonds is 3. The predicted octanol–water partition coefficient (Wildman–Crippen LogP) is 4.08. The number of hydrogen-bond acceptors (Lipinski definition) is 5. The topological polar surface area (TPSA) is 63.8 Å². The number of pyridine rings is 2. The summed E-state index contributed by atoms with van der Waals surface area (Å²) in [5.74, 6) is 0.874. The lowest BCUT2D eigenvalue weighted by Crippen LogP contribution is -2.55. The van der Waals surface area contributed by atoms with Crippen molar-refractivity contribution in [3.05, 3.63) is 41.5 Å². The Morgan fingerprint density at radius 2 is 2.08 bits per heavy atom. The lowest BCUT2D eigenvalue weighted by atomic mass is 9.42. The molecule has 0 amide bonds. The second-order valence-electron chi connectivity index (χ2n) is 7.92. The van der Waals surface area contributed by atoms with Crippen LogP contribution in [0.15, 0.2) is 36.7 Å². The van der Waals surface area contributed by atoms with Crippen molar-refractivity contribution in [2.75, 3.05) is 0 Å². The summed E-state index contributed by atoms with van der Waals surface area (Å²) < 4.78 is 1.77. The van der Waals surface area contributed by atoms with Crippen LogP contribution in [0.25, 0.3) is 32.5 Å². The van der Waals surface area contributed by atoms with Crippen molar-refractivity contribution >= 4 is 32.6 Å². The van der Waals surface area contributed by atoms with Crippen LogP contribution >= 0.6 is 11.3 Å². The molecule has 3 aliphatic rings. The molecule has 0 spiro atoms. The summed E-state index contributed by atoms with van der Waals surface area (Å²) >= 11 is 1.62. The lowest BCUT2D eigenvalue weighted by molar-refractivity contribution is -0.184. The van der Waals surface area contributed by atoms with Crippen LogP contribution in [0.4, 0.5) is 0 Å². The average molecular weight is 362 g/mol. The van der Waals surface area contributed by atoms with E-state index < -0.39 is 0 Å². The average Bonchev–Trinajstić information content (AvgIpc) is 3.12. The normalized spacial score (nSPS) is 25.2. The molecule has 4 aromatic heterocycles. The van der Waals surface area contributed by atoms with E-state index in [-0.39, 0.29) is 11.5 Å². The molecule has 4 heterocycles. The van der Waals surface area contributed by atoms with Gasteiger partial charge in [-0.25, -0.2) is 9.97 Å². The first kappa shape index (κ1) is 14.8. The second kappa shape index (κ2) is 4.90. The highest BCUT2D eigenvalue weighted by molar-refractivity contribution is 7.18. The third kappa shape index (κ3) is 1.97. The van der Waals surface area contributed by atoms with Gasteiger partial charge in [0.1, 0.15) is 4.83 Å².